The highest BCUT2D eigenvalue weighted by Crippen LogP contribution is 1.88. The lowest BCUT2D eigenvalue weighted by atomic mass is 9.64. The Balaban J connectivity index is 0.000000178. The minimum absolute atomic E-state index is 1.24. The first-order valence-corrected chi connectivity index (χ1v) is 6.66. The first kappa shape index (κ1) is 14.1. The van der Waals surface area contributed by atoms with Crippen molar-refractivity contribution < 1.29 is 0 Å². The number of hydrogen-bond donors (Lipinski definition) is 0. The third-order valence-corrected chi connectivity index (χ3v) is 2.78. The Bertz CT molecular complexity index is 557. The monoisotopic (exact) mass is 258 g/mol. The van der Waals surface area contributed by atoms with Gasteiger partial charge in [0.1, 0.15) is 0 Å². The zero-order valence-electron chi connectivity index (χ0n) is 11.6. The van der Waals surface area contributed by atoms with Crippen molar-refractivity contribution in [2.45, 2.75) is 6.92 Å². The van der Waals surface area contributed by atoms with E-state index in [4.69, 9.17) is 0 Å². The lowest BCUT2D eigenvalue weighted by molar-refractivity contribution is 1.29. The maximum atomic E-state index is 3.85. The van der Waals surface area contributed by atoms with Crippen LogP contribution in [0.1, 0.15) is 5.56 Å². The first-order chi connectivity index (χ1) is 9.84. The number of nitrogens with zero attached hydrogens (tertiary/aromatic N) is 1. The molecule has 0 unspecified atom stereocenters. The van der Waals surface area contributed by atoms with Gasteiger partial charge in [0.15, 0.2) is 7.28 Å². The molecule has 1 nitrogen and oxygen atoms in total. The summed E-state index contributed by atoms with van der Waals surface area (Å²) in [6.07, 6.45) is 3.57. The summed E-state index contributed by atoms with van der Waals surface area (Å²) in [4.78, 5) is 3.85. The third-order valence-electron chi connectivity index (χ3n) is 2.78. The van der Waals surface area contributed by atoms with Gasteiger partial charge >= 0.3 is 0 Å². The van der Waals surface area contributed by atoms with Crippen LogP contribution in [-0.4, -0.2) is 12.3 Å². The number of hydrogen-bond acceptors (Lipinski definition) is 1. The summed E-state index contributed by atoms with van der Waals surface area (Å²) in [5.41, 5.74) is 3.75. The lowest BCUT2D eigenvalue weighted by Gasteiger charge is -1.98. The van der Waals surface area contributed by atoms with Gasteiger partial charge in [-0.1, -0.05) is 71.6 Å². The van der Waals surface area contributed by atoms with Crippen molar-refractivity contribution in [3.05, 3.63) is 90.8 Å². The first-order valence-electron chi connectivity index (χ1n) is 6.66. The Morgan fingerprint density at radius 3 is 1.45 bits per heavy atom. The van der Waals surface area contributed by atoms with Crippen molar-refractivity contribution >= 4 is 18.2 Å². The Morgan fingerprint density at radius 2 is 1.10 bits per heavy atom. The summed E-state index contributed by atoms with van der Waals surface area (Å²) < 4.78 is 0. The summed E-state index contributed by atoms with van der Waals surface area (Å²) >= 11 is 0. The molecule has 2 aromatic carbocycles. The van der Waals surface area contributed by atoms with E-state index in [0.717, 1.165) is 0 Å². The molecule has 0 N–H and O–H groups in total. The molecule has 0 aliphatic carbocycles. The van der Waals surface area contributed by atoms with Gasteiger partial charge in [0.05, 0.1) is 0 Å². The number of aryl methyl sites for hydroxylation is 1. The van der Waals surface area contributed by atoms with E-state index in [9.17, 15) is 0 Å². The Morgan fingerprint density at radius 1 is 0.650 bits per heavy atom. The number of aromatic nitrogens is 1. The topological polar surface area (TPSA) is 12.9 Å². The normalized spacial score (nSPS) is 9.25. The fraction of sp³-hybridized carbons (Fsp3) is 0.0556. The Labute approximate surface area is 121 Å². The van der Waals surface area contributed by atoms with Crippen LogP contribution in [0, 0.1) is 6.92 Å². The zero-order chi connectivity index (χ0) is 14.0. The highest BCUT2D eigenvalue weighted by atomic mass is 14.6. The van der Waals surface area contributed by atoms with Gasteiger partial charge in [-0.25, -0.2) is 0 Å². The quantitative estimate of drug-likeness (QED) is 0.644. The molecule has 0 saturated heterocycles. The van der Waals surface area contributed by atoms with E-state index in [0.29, 0.717) is 0 Å². The minimum Gasteiger partial charge on any atom is -0.265 e. The van der Waals surface area contributed by atoms with Crippen LogP contribution >= 0.6 is 0 Å². The summed E-state index contributed by atoms with van der Waals surface area (Å²) in [7, 11) is 2.17. The van der Waals surface area contributed by atoms with Crippen molar-refractivity contribution in [3.8, 4) is 0 Å². The second-order valence-corrected chi connectivity index (χ2v) is 4.49. The zero-order valence-corrected chi connectivity index (χ0v) is 11.6. The smallest absolute Gasteiger partial charge is 0.191 e. The van der Waals surface area contributed by atoms with E-state index >= 15 is 0 Å². The van der Waals surface area contributed by atoms with Crippen molar-refractivity contribution in [3.63, 3.8) is 0 Å². The van der Waals surface area contributed by atoms with Crippen molar-refractivity contribution in [2.75, 3.05) is 0 Å². The van der Waals surface area contributed by atoms with Gasteiger partial charge in [0.25, 0.3) is 0 Å². The number of benzene rings is 2. The van der Waals surface area contributed by atoms with Crippen LogP contribution in [0.2, 0.25) is 0 Å². The predicted molar refractivity (Wildman–Crippen MR) is 86.9 cm³/mol. The highest BCUT2D eigenvalue weighted by Gasteiger charge is 1.95. The van der Waals surface area contributed by atoms with Gasteiger partial charge in [-0.05, 0) is 24.6 Å². The van der Waals surface area contributed by atoms with Crippen LogP contribution < -0.4 is 10.9 Å². The fourth-order valence-electron chi connectivity index (χ4n) is 1.72. The summed E-state index contributed by atoms with van der Waals surface area (Å²) in [5.74, 6) is 0. The third kappa shape index (κ3) is 5.11. The molecule has 3 aromatic rings. The average Bonchev–Trinajstić information content (AvgIpc) is 2.51. The standard InChI is InChI=1S/C12H10B.C6H7N/c1-3-7-11(8-4-1)13-12-9-5-2-6-10-12;1-6-2-4-7-5-3-6/h1-10H;2-5H,1H3. The number of rotatable bonds is 2. The molecule has 20 heavy (non-hydrogen) atoms. The van der Waals surface area contributed by atoms with E-state index in [1.165, 1.54) is 16.5 Å². The summed E-state index contributed by atoms with van der Waals surface area (Å²) in [6.45, 7) is 2.04. The van der Waals surface area contributed by atoms with E-state index < -0.39 is 0 Å². The molecular formula is C18H17BN. The molecule has 0 amide bonds. The van der Waals surface area contributed by atoms with Crippen LogP contribution in [0.4, 0.5) is 0 Å². The molecule has 1 aromatic heterocycles. The molecule has 1 radical (unpaired) electrons. The van der Waals surface area contributed by atoms with Crippen LogP contribution in [0.5, 0.6) is 0 Å². The van der Waals surface area contributed by atoms with E-state index in [1.807, 2.05) is 31.2 Å². The molecule has 0 spiro atoms. The maximum Gasteiger partial charge on any atom is 0.191 e. The Kier molecular flexibility index (Phi) is 5.60. The van der Waals surface area contributed by atoms with Crippen LogP contribution in [0.15, 0.2) is 85.2 Å². The molecule has 97 valence electrons. The molecular weight excluding hydrogens is 241 g/mol. The van der Waals surface area contributed by atoms with Crippen molar-refractivity contribution in [1.82, 2.24) is 4.98 Å². The van der Waals surface area contributed by atoms with Gasteiger partial charge < -0.3 is 0 Å². The molecule has 0 bridgehead atoms. The van der Waals surface area contributed by atoms with E-state index in [-0.39, 0.29) is 0 Å². The molecule has 1 heterocycles. The molecule has 2 heteroatoms. The molecule has 0 aliphatic rings. The molecule has 0 aliphatic heterocycles. The number of pyridine rings is 1. The summed E-state index contributed by atoms with van der Waals surface area (Å²) in [6, 6.07) is 24.6. The van der Waals surface area contributed by atoms with Crippen LogP contribution in [-0.2, 0) is 0 Å². The van der Waals surface area contributed by atoms with Crippen LogP contribution in [0.25, 0.3) is 0 Å². The molecule has 0 fully saturated rings. The van der Waals surface area contributed by atoms with Gasteiger partial charge in [0.2, 0.25) is 0 Å². The largest absolute Gasteiger partial charge is 0.265 e. The van der Waals surface area contributed by atoms with Gasteiger partial charge in [-0.2, -0.15) is 0 Å². The SMILES string of the molecule is Cc1ccncc1.[B](c1ccccc1)c1ccccc1. The van der Waals surface area contributed by atoms with E-state index in [1.54, 1.807) is 12.4 Å². The Hall–Kier alpha value is -2.35. The summed E-state index contributed by atoms with van der Waals surface area (Å²) in [5, 5.41) is 0. The molecule has 3 rings (SSSR count). The average molecular weight is 258 g/mol. The second kappa shape index (κ2) is 7.95. The fourth-order valence-corrected chi connectivity index (χ4v) is 1.72. The van der Waals surface area contributed by atoms with Crippen LogP contribution in [0.3, 0.4) is 0 Å². The highest BCUT2D eigenvalue weighted by molar-refractivity contribution is 6.67. The predicted octanol–water partition coefficient (Wildman–Crippen LogP) is 2.73. The molecule has 0 saturated carbocycles. The second-order valence-electron chi connectivity index (χ2n) is 4.49. The molecule has 0 atom stereocenters. The van der Waals surface area contributed by atoms with Crippen molar-refractivity contribution in [1.29, 1.82) is 0 Å². The van der Waals surface area contributed by atoms with Gasteiger partial charge in [-0.15, -0.1) is 0 Å². The van der Waals surface area contributed by atoms with Gasteiger partial charge in [0, 0.05) is 12.4 Å². The van der Waals surface area contributed by atoms with Gasteiger partial charge in [-0.3, -0.25) is 4.98 Å². The maximum absolute atomic E-state index is 3.85. The van der Waals surface area contributed by atoms with E-state index in [2.05, 4.69) is 60.8 Å². The minimum atomic E-state index is 1.24. The van der Waals surface area contributed by atoms with Crippen molar-refractivity contribution in [2.24, 2.45) is 0 Å². The lowest BCUT2D eigenvalue weighted by Crippen LogP contribution is -2.26.